The Morgan fingerprint density at radius 3 is 2.06 bits per heavy atom. The summed E-state index contributed by atoms with van der Waals surface area (Å²) in [4.78, 5) is 3.48. The van der Waals surface area contributed by atoms with Crippen LogP contribution in [0.25, 0.3) is 4.85 Å². The molecule has 1 saturated heterocycles. The highest BCUT2D eigenvalue weighted by molar-refractivity contribution is 6.69. The van der Waals surface area contributed by atoms with Crippen molar-refractivity contribution in [1.29, 1.82) is 0 Å². The Morgan fingerprint density at radius 1 is 1.03 bits per heavy atom. The van der Waals surface area contributed by atoms with E-state index in [9.17, 15) is 0 Å². The molecule has 3 rings (SSSR count). The van der Waals surface area contributed by atoms with Gasteiger partial charge < -0.3 is 29.5 Å². The number of hydrogen-bond donors (Lipinski definition) is 2. The van der Waals surface area contributed by atoms with Gasteiger partial charge in [0.05, 0.1) is 38.1 Å². The molecule has 1 aliphatic rings. The molecule has 0 spiro atoms. The van der Waals surface area contributed by atoms with Crippen molar-refractivity contribution in [3.63, 3.8) is 0 Å². The van der Waals surface area contributed by atoms with Gasteiger partial charge in [-0.2, -0.15) is 0 Å². The van der Waals surface area contributed by atoms with Gasteiger partial charge in [-0.3, -0.25) is 4.85 Å². The second-order valence-corrected chi connectivity index (χ2v) is 13.5. The molecule has 0 bridgehead atoms. The predicted octanol–water partition coefficient (Wildman–Crippen LogP) is 4.46. The van der Waals surface area contributed by atoms with E-state index < -0.39 is 14.5 Å². The van der Waals surface area contributed by atoms with Crippen LogP contribution in [0.1, 0.15) is 36.3 Å². The lowest BCUT2D eigenvalue weighted by molar-refractivity contribution is 0.0329. The third-order valence-electron chi connectivity index (χ3n) is 4.86. The summed E-state index contributed by atoms with van der Waals surface area (Å²) in [6, 6.07) is 19.4. The topological polar surface area (TPSA) is 87.5 Å². The lowest BCUT2D eigenvalue weighted by Crippen LogP contribution is -2.27. The Labute approximate surface area is 219 Å². The molecule has 1 heterocycles. The molecule has 0 saturated carbocycles. The summed E-state index contributed by atoms with van der Waals surface area (Å²) in [5.41, 5.74) is 7.49. The van der Waals surface area contributed by atoms with E-state index in [-0.39, 0.29) is 18.7 Å². The molecule has 2 aromatic rings. The van der Waals surface area contributed by atoms with E-state index in [2.05, 4.69) is 24.5 Å². The zero-order valence-corrected chi connectivity index (χ0v) is 22.8. The van der Waals surface area contributed by atoms with Gasteiger partial charge in [-0.05, 0) is 50.2 Å². The minimum atomic E-state index is -1.48. The maximum atomic E-state index is 8.59. The quantitative estimate of drug-likeness (QED) is 0.263. The lowest BCUT2D eigenvalue weighted by Gasteiger charge is -2.17. The summed E-state index contributed by atoms with van der Waals surface area (Å²) >= 11 is 0. The zero-order valence-electron chi connectivity index (χ0n) is 21.8. The fraction of sp³-hybridized carbons (Fsp3) is 0.519. The van der Waals surface area contributed by atoms with Crippen LogP contribution in [0.3, 0.4) is 0 Å². The first kappa shape index (κ1) is 32.0. The van der Waals surface area contributed by atoms with Crippen molar-refractivity contribution < 1.29 is 23.7 Å². The van der Waals surface area contributed by atoms with Crippen molar-refractivity contribution in [3.8, 4) is 0 Å². The minimum Gasteiger partial charge on any atom is -0.415 e. The predicted molar refractivity (Wildman–Crippen MR) is 147 cm³/mol. The maximum absolute atomic E-state index is 8.59. The number of aliphatic hydroxyl groups is 1. The first-order valence-corrected chi connectivity index (χ1v) is 15.7. The normalized spacial score (nSPS) is 16.5. The van der Waals surface area contributed by atoms with Gasteiger partial charge in [0.1, 0.15) is 7.85 Å². The van der Waals surface area contributed by atoms with E-state index >= 15 is 0 Å². The van der Waals surface area contributed by atoms with Gasteiger partial charge in [0.2, 0.25) is 0 Å². The molecule has 0 amide bonds. The van der Waals surface area contributed by atoms with Gasteiger partial charge >= 0.3 is 6.23 Å². The summed E-state index contributed by atoms with van der Waals surface area (Å²) in [6.45, 7) is 16.2. The van der Waals surface area contributed by atoms with Crippen LogP contribution in [0.5, 0.6) is 0 Å². The standard InChI is InChI=1S/C13H19NO2Si.C10H15NO2.C4H7BO/c1-14-13(12-8-6-5-7-9-12)15-10-11-16-17(2,3)4;11-8-10(13-7-6-12)9-4-2-1-3-5-9;5-4-2-1-3-6-4/h5-9,13H,10-11H2,2-4H3;1-5,10,12H,6-8,11H2;4H,1-3H2. The summed E-state index contributed by atoms with van der Waals surface area (Å²) in [5.74, 6) is 0. The second-order valence-electron chi connectivity index (χ2n) is 9.00. The van der Waals surface area contributed by atoms with Crippen molar-refractivity contribution in [1.82, 2.24) is 0 Å². The molecule has 3 unspecified atom stereocenters. The highest BCUT2D eigenvalue weighted by atomic mass is 28.4. The molecule has 0 aliphatic carbocycles. The SMILES string of the molecule is NCC(OCCO)c1ccccc1.[B]C1CCCO1.[C-]#[N+]C(OCCO[Si](C)(C)C)c1ccccc1. The first-order valence-electron chi connectivity index (χ1n) is 12.3. The molecule has 7 nitrogen and oxygen atoms in total. The summed E-state index contributed by atoms with van der Waals surface area (Å²) in [6.07, 6.45) is 1.57. The van der Waals surface area contributed by atoms with Crippen molar-refractivity contribution in [2.24, 2.45) is 5.73 Å². The van der Waals surface area contributed by atoms with E-state index in [1.165, 1.54) is 0 Å². The zero-order chi connectivity index (χ0) is 26.7. The van der Waals surface area contributed by atoms with E-state index in [1.54, 1.807) is 0 Å². The maximum Gasteiger partial charge on any atom is 0.354 e. The Morgan fingerprint density at radius 2 is 1.64 bits per heavy atom. The van der Waals surface area contributed by atoms with Crippen LogP contribution in [0.2, 0.25) is 19.6 Å². The van der Waals surface area contributed by atoms with E-state index in [1.807, 2.05) is 60.7 Å². The van der Waals surface area contributed by atoms with Gasteiger partial charge in [-0.1, -0.05) is 48.5 Å². The summed E-state index contributed by atoms with van der Waals surface area (Å²) in [5, 5.41) is 8.59. The smallest absolute Gasteiger partial charge is 0.354 e. The molecule has 0 aromatic heterocycles. The highest BCUT2D eigenvalue weighted by Gasteiger charge is 2.17. The fourth-order valence-electron chi connectivity index (χ4n) is 3.10. The van der Waals surface area contributed by atoms with Crippen molar-refractivity contribution in [2.75, 3.05) is 39.6 Å². The Bertz CT molecular complexity index is 828. The van der Waals surface area contributed by atoms with Gasteiger partial charge in [0, 0.05) is 19.2 Å². The highest BCUT2D eigenvalue weighted by Crippen LogP contribution is 2.18. The molecule has 3 atom stereocenters. The minimum absolute atomic E-state index is 0.0311. The molecule has 2 aromatic carbocycles. The number of benzene rings is 2. The van der Waals surface area contributed by atoms with Crippen LogP contribution in [0.4, 0.5) is 0 Å². The van der Waals surface area contributed by atoms with Crippen LogP contribution >= 0.6 is 0 Å². The molecular formula is C27H41BN2O5Si. The fourth-order valence-corrected chi connectivity index (χ4v) is 3.79. The Balaban J connectivity index is 0.000000299. The average Bonchev–Trinajstić information content (AvgIpc) is 3.37. The van der Waals surface area contributed by atoms with Crippen molar-refractivity contribution in [3.05, 3.63) is 83.2 Å². The molecule has 2 radical (unpaired) electrons. The largest absolute Gasteiger partial charge is 0.415 e. The number of rotatable bonds is 11. The van der Waals surface area contributed by atoms with Gasteiger partial charge in [-0.25, -0.2) is 6.57 Å². The summed E-state index contributed by atoms with van der Waals surface area (Å²) in [7, 11) is 3.84. The molecule has 1 fully saturated rings. The van der Waals surface area contributed by atoms with Crippen LogP contribution in [-0.4, -0.2) is 66.9 Å². The molecule has 196 valence electrons. The lowest BCUT2D eigenvalue weighted by atomic mass is 9.98. The van der Waals surface area contributed by atoms with Crippen LogP contribution < -0.4 is 5.73 Å². The molecule has 3 N–H and O–H groups in total. The molecule has 36 heavy (non-hydrogen) atoms. The Hall–Kier alpha value is -2.03. The molecular weight excluding hydrogens is 471 g/mol. The Kier molecular flexibility index (Phi) is 17.0. The van der Waals surface area contributed by atoms with Crippen molar-refractivity contribution >= 4 is 16.2 Å². The van der Waals surface area contributed by atoms with Gasteiger partial charge in [-0.15, -0.1) is 0 Å². The van der Waals surface area contributed by atoms with Crippen LogP contribution in [-0.2, 0) is 18.6 Å². The number of nitrogens with zero attached hydrogens (tertiary/aromatic N) is 1. The number of hydrogen-bond acceptors (Lipinski definition) is 6. The number of aliphatic hydroxyl groups excluding tert-OH is 1. The number of nitrogens with two attached hydrogens (primary N) is 1. The van der Waals surface area contributed by atoms with Crippen molar-refractivity contribution in [2.45, 2.75) is 50.8 Å². The molecule has 9 heteroatoms. The summed E-state index contributed by atoms with van der Waals surface area (Å²) < 4.78 is 21.5. The number of ether oxygens (including phenoxy) is 3. The average molecular weight is 513 g/mol. The first-order chi connectivity index (χ1) is 17.3. The van der Waals surface area contributed by atoms with Gasteiger partial charge in [0.25, 0.3) is 0 Å². The van der Waals surface area contributed by atoms with E-state index in [0.717, 1.165) is 30.6 Å². The third kappa shape index (κ3) is 15.2. The van der Waals surface area contributed by atoms with Crippen LogP contribution in [0, 0.1) is 6.57 Å². The van der Waals surface area contributed by atoms with E-state index in [4.69, 9.17) is 43.9 Å². The van der Waals surface area contributed by atoms with Gasteiger partial charge in [0.15, 0.2) is 8.32 Å². The van der Waals surface area contributed by atoms with Crippen LogP contribution in [0.15, 0.2) is 60.7 Å². The molecule has 1 aliphatic heterocycles. The van der Waals surface area contributed by atoms with E-state index in [0.29, 0.717) is 26.4 Å². The monoisotopic (exact) mass is 512 g/mol. The third-order valence-corrected chi connectivity index (χ3v) is 5.93. The second kappa shape index (κ2) is 19.1.